The van der Waals surface area contributed by atoms with Gasteiger partial charge in [0.25, 0.3) is 0 Å². The summed E-state index contributed by atoms with van der Waals surface area (Å²) in [6.45, 7) is 1.84. The quantitative estimate of drug-likeness (QED) is 0.538. The third-order valence-corrected chi connectivity index (χ3v) is 1.88. The van der Waals surface area contributed by atoms with E-state index in [4.69, 9.17) is 21.9 Å². The molecule has 0 atom stereocenters. The predicted octanol–water partition coefficient (Wildman–Crippen LogP) is 0.750. The van der Waals surface area contributed by atoms with Crippen LogP contribution in [0.4, 0.5) is 17.1 Å². The van der Waals surface area contributed by atoms with Crippen LogP contribution in [0.1, 0.15) is 5.56 Å². The van der Waals surface area contributed by atoms with E-state index < -0.39 is 0 Å². The topological polar surface area (TPSA) is 87.3 Å². The Balaban J connectivity index is 3.39. The van der Waals surface area contributed by atoms with Crippen molar-refractivity contribution in [2.75, 3.05) is 24.3 Å². The molecule has 0 aliphatic rings. The van der Waals surface area contributed by atoms with E-state index in [9.17, 15) is 0 Å². The molecule has 0 amide bonds. The monoisotopic (exact) mass is 167 g/mol. The summed E-state index contributed by atoms with van der Waals surface area (Å²) in [6.07, 6.45) is 0. The van der Waals surface area contributed by atoms with Crippen LogP contribution in [0.5, 0.6) is 5.75 Å². The van der Waals surface area contributed by atoms with E-state index in [0.717, 1.165) is 5.56 Å². The molecule has 0 saturated heterocycles. The zero-order chi connectivity index (χ0) is 9.30. The maximum atomic E-state index is 5.67. The maximum Gasteiger partial charge on any atom is 0.126 e. The van der Waals surface area contributed by atoms with Gasteiger partial charge in [-0.25, -0.2) is 0 Å². The first-order chi connectivity index (χ1) is 5.57. The summed E-state index contributed by atoms with van der Waals surface area (Å²) in [6, 6.07) is 1.67. The van der Waals surface area contributed by atoms with Gasteiger partial charge in [0, 0.05) is 11.6 Å². The number of ether oxygens (including phenoxy) is 1. The SMILES string of the molecule is COc1cc(N)c(N)c(N)c1C. The van der Waals surface area contributed by atoms with Crippen molar-refractivity contribution >= 4 is 17.1 Å². The number of hydrogen-bond acceptors (Lipinski definition) is 4. The Morgan fingerprint density at radius 1 is 1.17 bits per heavy atom. The van der Waals surface area contributed by atoms with E-state index in [2.05, 4.69) is 0 Å². The summed E-state index contributed by atoms with van der Waals surface area (Å²) in [5, 5.41) is 0. The van der Waals surface area contributed by atoms with Crippen LogP contribution in [-0.4, -0.2) is 7.11 Å². The number of hydrogen-bond donors (Lipinski definition) is 3. The third kappa shape index (κ3) is 1.11. The lowest BCUT2D eigenvalue weighted by Gasteiger charge is -2.11. The molecule has 0 bridgehead atoms. The molecule has 1 rings (SSSR count). The van der Waals surface area contributed by atoms with Crippen molar-refractivity contribution in [1.82, 2.24) is 0 Å². The van der Waals surface area contributed by atoms with Crippen molar-refractivity contribution in [2.24, 2.45) is 0 Å². The molecule has 0 unspecified atom stereocenters. The van der Waals surface area contributed by atoms with Gasteiger partial charge in [-0.3, -0.25) is 0 Å². The number of methoxy groups -OCH3 is 1. The van der Waals surface area contributed by atoms with Crippen LogP contribution in [0.25, 0.3) is 0 Å². The molecule has 12 heavy (non-hydrogen) atoms. The zero-order valence-corrected chi connectivity index (χ0v) is 7.22. The van der Waals surface area contributed by atoms with Gasteiger partial charge >= 0.3 is 0 Å². The zero-order valence-electron chi connectivity index (χ0n) is 7.22. The van der Waals surface area contributed by atoms with Crippen LogP contribution in [0.3, 0.4) is 0 Å². The Morgan fingerprint density at radius 2 is 1.75 bits per heavy atom. The molecule has 4 heteroatoms. The minimum atomic E-state index is 0.424. The van der Waals surface area contributed by atoms with Crippen molar-refractivity contribution in [3.8, 4) is 5.75 Å². The smallest absolute Gasteiger partial charge is 0.126 e. The third-order valence-electron chi connectivity index (χ3n) is 1.88. The van der Waals surface area contributed by atoms with Gasteiger partial charge in [0.05, 0.1) is 24.2 Å². The molecule has 4 nitrogen and oxygen atoms in total. The summed E-state index contributed by atoms with van der Waals surface area (Å²) in [5.74, 6) is 0.666. The minimum absolute atomic E-state index is 0.424. The highest BCUT2D eigenvalue weighted by molar-refractivity contribution is 5.82. The maximum absolute atomic E-state index is 5.67. The minimum Gasteiger partial charge on any atom is -0.496 e. The predicted molar refractivity (Wildman–Crippen MR) is 51.0 cm³/mol. The molecule has 6 N–H and O–H groups in total. The van der Waals surface area contributed by atoms with Gasteiger partial charge in [-0.2, -0.15) is 0 Å². The highest BCUT2D eigenvalue weighted by Crippen LogP contribution is 2.33. The first-order valence-electron chi connectivity index (χ1n) is 3.56. The molecule has 0 fully saturated rings. The normalized spacial score (nSPS) is 9.83. The lowest BCUT2D eigenvalue weighted by atomic mass is 10.1. The molecule has 0 aromatic heterocycles. The van der Waals surface area contributed by atoms with E-state index in [-0.39, 0.29) is 0 Å². The fourth-order valence-electron chi connectivity index (χ4n) is 1.03. The molecular weight excluding hydrogens is 154 g/mol. The number of anilines is 3. The van der Waals surface area contributed by atoms with E-state index in [1.807, 2.05) is 6.92 Å². The fraction of sp³-hybridized carbons (Fsp3) is 0.250. The highest BCUT2D eigenvalue weighted by atomic mass is 16.5. The van der Waals surface area contributed by atoms with Crippen LogP contribution >= 0.6 is 0 Å². The van der Waals surface area contributed by atoms with Gasteiger partial charge in [0.1, 0.15) is 5.75 Å². The Hall–Kier alpha value is -1.58. The number of nitrogens with two attached hydrogens (primary N) is 3. The van der Waals surface area contributed by atoms with Crippen LogP contribution in [-0.2, 0) is 0 Å². The number of benzene rings is 1. The number of nitrogen functional groups attached to an aromatic ring is 3. The number of rotatable bonds is 1. The van der Waals surface area contributed by atoms with Crippen molar-refractivity contribution < 1.29 is 4.74 Å². The van der Waals surface area contributed by atoms with Gasteiger partial charge in [0.15, 0.2) is 0 Å². The van der Waals surface area contributed by atoms with Crippen molar-refractivity contribution in [1.29, 1.82) is 0 Å². The average molecular weight is 167 g/mol. The lowest BCUT2D eigenvalue weighted by molar-refractivity contribution is 0.412. The van der Waals surface area contributed by atoms with Gasteiger partial charge in [-0.05, 0) is 6.92 Å². The second-order valence-corrected chi connectivity index (χ2v) is 2.62. The Bertz CT molecular complexity index is 310. The van der Waals surface area contributed by atoms with Crippen LogP contribution in [0, 0.1) is 6.92 Å². The summed E-state index contributed by atoms with van der Waals surface area (Å²) < 4.78 is 5.05. The van der Waals surface area contributed by atoms with Crippen LogP contribution in [0.15, 0.2) is 6.07 Å². The second-order valence-electron chi connectivity index (χ2n) is 2.62. The van der Waals surface area contributed by atoms with E-state index in [0.29, 0.717) is 22.8 Å². The van der Waals surface area contributed by atoms with Crippen molar-refractivity contribution in [3.63, 3.8) is 0 Å². The largest absolute Gasteiger partial charge is 0.496 e. The lowest BCUT2D eigenvalue weighted by Crippen LogP contribution is -2.03. The fourth-order valence-corrected chi connectivity index (χ4v) is 1.03. The summed E-state index contributed by atoms with van der Waals surface area (Å²) in [7, 11) is 1.57. The standard InChI is InChI=1S/C8H13N3O/c1-4-6(12-2)3-5(9)8(11)7(4)10/h3H,9-11H2,1-2H3. The molecule has 66 valence electrons. The molecular formula is C8H13N3O. The first kappa shape index (κ1) is 8.52. The van der Waals surface area contributed by atoms with Gasteiger partial charge in [-0.1, -0.05) is 0 Å². The van der Waals surface area contributed by atoms with Crippen LogP contribution in [0.2, 0.25) is 0 Å². The molecule has 0 aliphatic heterocycles. The Kier molecular flexibility index (Phi) is 1.99. The molecule has 0 heterocycles. The molecule has 1 aromatic rings. The molecule has 0 spiro atoms. The van der Waals surface area contributed by atoms with Gasteiger partial charge in [0.2, 0.25) is 0 Å². The summed E-state index contributed by atoms with van der Waals surface area (Å²) in [5.41, 5.74) is 19.0. The van der Waals surface area contributed by atoms with Crippen molar-refractivity contribution in [2.45, 2.75) is 6.92 Å². The Labute approximate surface area is 71.3 Å². The first-order valence-corrected chi connectivity index (χ1v) is 3.56. The Morgan fingerprint density at radius 3 is 2.25 bits per heavy atom. The molecule has 0 radical (unpaired) electrons. The van der Waals surface area contributed by atoms with Crippen molar-refractivity contribution in [3.05, 3.63) is 11.6 Å². The van der Waals surface area contributed by atoms with Crippen LogP contribution < -0.4 is 21.9 Å². The van der Waals surface area contributed by atoms with Gasteiger partial charge < -0.3 is 21.9 Å². The van der Waals surface area contributed by atoms with Gasteiger partial charge in [-0.15, -0.1) is 0 Å². The van der Waals surface area contributed by atoms with E-state index in [1.54, 1.807) is 13.2 Å². The molecule has 0 saturated carbocycles. The van der Waals surface area contributed by atoms with E-state index >= 15 is 0 Å². The molecule has 0 aliphatic carbocycles. The average Bonchev–Trinajstić information content (AvgIpc) is 2.08. The summed E-state index contributed by atoms with van der Waals surface area (Å²) in [4.78, 5) is 0. The van der Waals surface area contributed by atoms with E-state index in [1.165, 1.54) is 0 Å². The molecule has 1 aromatic carbocycles. The highest BCUT2D eigenvalue weighted by Gasteiger charge is 2.08. The second kappa shape index (κ2) is 2.81. The summed E-state index contributed by atoms with van der Waals surface area (Å²) >= 11 is 0.